The fraction of sp³-hybridized carbons (Fsp3) is 0.500. The third-order valence-electron chi connectivity index (χ3n) is 5.45. The molecule has 0 aliphatic heterocycles. The average Bonchev–Trinajstić information content (AvgIpc) is 2.72. The van der Waals surface area contributed by atoms with E-state index in [-0.39, 0.29) is 16.1 Å². The summed E-state index contributed by atoms with van der Waals surface area (Å²) in [5.41, 5.74) is 2.39. The fourth-order valence-electron chi connectivity index (χ4n) is 4.14. The van der Waals surface area contributed by atoms with Gasteiger partial charge in [-0.3, -0.25) is 4.72 Å². The summed E-state index contributed by atoms with van der Waals surface area (Å²) in [5, 5.41) is 9.81. The Morgan fingerprint density at radius 1 is 1.06 bits per heavy atom. The number of nitrogens with zero attached hydrogens (tertiary/aromatic N) is 2. The minimum absolute atomic E-state index is 0.0167. The third kappa shape index (κ3) is 5.79. The summed E-state index contributed by atoms with van der Waals surface area (Å²) in [6, 6.07) is 6.57. The first-order valence-corrected chi connectivity index (χ1v) is 12.7. The molecule has 2 aromatic rings. The molecule has 1 aromatic heterocycles. The van der Waals surface area contributed by atoms with Crippen molar-refractivity contribution in [1.82, 2.24) is 4.98 Å². The molecule has 0 saturated carbocycles. The number of nitrogens with one attached hydrogen (secondary N) is 1. The second-order valence-electron chi connectivity index (χ2n) is 9.34. The van der Waals surface area contributed by atoms with Gasteiger partial charge in [-0.05, 0) is 66.8 Å². The highest BCUT2D eigenvalue weighted by molar-refractivity contribution is 7.92. The maximum Gasteiger partial charge on any atom is 0.339 e. The van der Waals surface area contributed by atoms with Gasteiger partial charge in [-0.2, -0.15) is 0 Å². The van der Waals surface area contributed by atoms with E-state index in [1.165, 1.54) is 17.8 Å². The van der Waals surface area contributed by atoms with Crippen LogP contribution in [0, 0.1) is 11.8 Å². The van der Waals surface area contributed by atoms with E-state index in [2.05, 4.69) is 37.4 Å². The Morgan fingerprint density at radius 2 is 1.69 bits per heavy atom. The lowest BCUT2D eigenvalue weighted by Gasteiger charge is -2.28. The van der Waals surface area contributed by atoms with Crippen LogP contribution >= 0.6 is 0 Å². The van der Waals surface area contributed by atoms with Gasteiger partial charge in [0.2, 0.25) is 0 Å². The van der Waals surface area contributed by atoms with Crippen LogP contribution in [0.1, 0.15) is 62.0 Å². The molecule has 1 heterocycles. The van der Waals surface area contributed by atoms with Gasteiger partial charge >= 0.3 is 5.97 Å². The maximum absolute atomic E-state index is 13.0. The van der Waals surface area contributed by atoms with E-state index in [9.17, 15) is 18.3 Å². The molecule has 0 spiro atoms. The van der Waals surface area contributed by atoms with Gasteiger partial charge in [-0.15, -0.1) is 0 Å². The van der Waals surface area contributed by atoms with Crippen LogP contribution in [0.15, 0.2) is 35.4 Å². The summed E-state index contributed by atoms with van der Waals surface area (Å²) in [4.78, 5) is 18.5. The molecule has 0 atom stereocenters. The minimum atomic E-state index is -3.86. The molecule has 3 rings (SSSR count). The Labute approximate surface area is 190 Å². The first-order chi connectivity index (χ1) is 15.1. The number of fused-ring (bicyclic) bond motifs is 1. The van der Waals surface area contributed by atoms with Crippen molar-refractivity contribution in [2.75, 3.05) is 22.7 Å². The zero-order chi connectivity index (χ0) is 23.5. The third-order valence-corrected chi connectivity index (χ3v) is 6.83. The standard InChI is InChI=1S/C24H33N3O4S/c1-16(2)14-27(15-17(3)4)23-22(24(28)29)12-20(13-25-23)26-32(30,31)21-10-9-18-7-5-6-8-19(18)11-21/h9-13,16-17,26H,5-8,14-15H2,1-4H3,(H,28,29). The zero-order valence-corrected chi connectivity index (χ0v) is 20.1. The molecule has 0 unspecified atom stereocenters. The number of benzene rings is 1. The number of pyridine rings is 1. The molecular formula is C24H33N3O4S. The Hall–Kier alpha value is -2.61. The molecule has 2 N–H and O–H groups in total. The van der Waals surface area contributed by atoms with Crippen molar-refractivity contribution >= 4 is 27.5 Å². The van der Waals surface area contributed by atoms with Crippen molar-refractivity contribution in [3.05, 3.63) is 47.2 Å². The zero-order valence-electron chi connectivity index (χ0n) is 19.3. The number of carboxylic acid groups (broad SMARTS) is 1. The van der Waals surface area contributed by atoms with Crippen molar-refractivity contribution in [1.29, 1.82) is 0 Å². The molecule has 174 valence electrons. The molecule has 0 saturated heterocycles. The van der Waals surface area contributed by atoms with E-state index in [0.29, 0.717) is 30.7 Å². The van der Waals surface area contributed by atoms with Crippen LogP contribution in [0.3, 0.4) is 0 Å². The molecule has 1 aromatic carbocycles. The lowest BCUT2D eigenvalue weighted by atomic mass is 9.92. The van der Waals surface area contributed by atoms with Crippen molar-refractivity contribution in [3.63, 3.8) is 0 Å². The van der Waals surface area contributed by atoms with E-state index >= 15 is 0 Å². The number of rotatable bonds is 9. The van der Waals surface area contributed by atoms with E-state index in [0.717, 1.165) is 31.2 Å². The van der Waals surface area contributed by atoms with Gasteiger partial charge in [0.05, 0.1) is 16.8 Å². The van der Waals surface area contributed by atoms with Gasteiger partial charge in [0.15, 0.2) is 0 Å². The van der Waals surface area contributed by atoms with Crippen LogP contribution in [0.4, 0.5) is 11.5 Å². The van der Waals surface area contributed by atoms with E-state index in [4.69, 9.17) is 0 Å². The van der Waals surface area contributed by atoms with Crippen LogP contribution in [0.2, 0.25) is 0 Å². The van der Waals surface area contributed by atoms with Crippen molar-refractivity contribution < 1.29 is 18.3 Å². The normalized spacial score (nSPS) is 13.8. The topological polar surface area (TPSA) is 99.6 Å². The number of anilines is 2. The van der Waals surface area contributed by atoms with E-state index < -0.39 is 16.0 Å². The Kier molecular flexibility index (Phi) is 7.44. The number of aryl methyl sites for hydroxylation is 2. The van der Waals surface area contributed by atoms with Crippen molar-refractivity contribution in [3.8, 4) is 0 Å². The minimum Gasteiger partial charge on any atom is -0.478 e. The summed E-state index contributed by atoms with van der Waals surface area (Å²) >= 11 is 0. The van der Waals surface area contributed by atoms with Gasteiger partial charge in [-0.25, -0.2) is 18.2 Å². The largest absolute Gasteiger partial charge is 0.478 e. The molecule has 0 amide bonds. The predicted octanol–water partition coefficient (Wildman–Crippen LogP) is 4.58. The molecular weight excluding hydrogens is 426 g/mol. The van der Waals surface area contributed by atoms with Gasteiger partial charge < -0.3 is 10.0 Å². The highest BCUT2D eigenvalue weighted by Crippen LogP contribution is 2.27. The number of sulfonamides is 1. The molecule has 0 radical (unpaired) electrons. The maximum atomic E-state index is 13.0. The molecule has 7 nitrogen and oxygen atoms in total. The Bertz CT molecular complexity index is 1070. The van der Waals surface area contributed by atoms with Gasteiger partial charge in [-0.1, -0.05) is 33.8 Å². The van der Waals surface area contributed by atoms with E-state index in [1.807, 2.05) is 11.0 Å². The van der Waals surface area contributed by atoms with Crippen LogP contribution < -0.4 is 9.62 Å². The number of hydrogen-bond acceptors (Lipinski definition) is 5. The summed E-state index contributed by atoms with van der Waals surface area (Å²) in [6.45, 7) is 9.57. The number of hydrogen-bond donors (Lipinski definition) is 2. The highest BCUT2D eigenvalue weighted by Gasteiger charge is 2.23. The van der Waals surface area contributed by atoms with Gasteiger partial charge in [0, 0.05) is 13.1 Å². The average molecular weight is 460 g/mol. The number of carbonyl (C=O) groups is 1. The van der Waals surface area contributed by atoms with Crippen LogP contribution in [-0.4, -0.2) is 37.6 Å². The number of carboxylic acids is 1. The van der Waals surface area contributed by atoms with Crippen LogP contribution in [0.5, 0.6) is 0 Å². The second kappa shape index (κ2) is 9.90. The van der Waals surface area contributed by atoms with E-state index in [1.54, 1.807) is 12.1 Å². The Balaban J connectivity index is 1.91. The fourth-order valence-corrected chi connectivity index (χ4v) is 5.23. The molecule has 0 fully saturated rings. The highest BCUT2D eigenvalue weighted by atomic mass is 32.2. The lowest BCUT2D eigenvalue weighted by molar-refractivity contribution is 0.0697. The first-order valence-electron chi connectivity index (χ1n) is 11.2. The second-order valence-corrected chi connectivity index (χ2v) is 11.0. The quantitative estimate of drug-likeness (QED) is 0.569. The molecule has 1 aliphatic carbocycles. The molecule has 8 heteroatoms. The summed E-state index contributed by atoms with van der Waals surface area (Å²) in [6.07, 6.45) is 5.42. The molecule has 32 heavy (non-hydrogen) atoms. The van der Waals surface area contributed by atoms with Gasteiger partial charge in [0.25, 0.3) is 10.0 Å². The lowest BCUT2D eigenvalue weighted by Crippen LogP contribution is -2.33. The number of aromatic nitrogens is 1. The first kappa shape index (κ1) is 24.0. The molecule has 0 bridgehead atoms. The SMILES string of the molecule is CC(C)CN(CC(C)C)c1ncc(NS(=O)(=O)c2ccc3c(c2)CCCC3)cc1C(=O)O. The summed E-state index contributed by atoms with van der Waals surface area (Å²) in [7, 11) is -3.86. The monoisotopic (exact) mass is 459 g/mol. The van der Waals surface area contributed by atoms with Crippen LogP contribution in [-0.2, 0) is 22.9 Å². The Morgan fingerprint density at radius 3 is 2.28 bits per heavy atom. The van der Waals surface area contributed by atoms with Gasteiger partial charge in [0.1, 0.15) is 11.4 Å². The predicted molar refractivity (Wildman–Crippen MR) is 127 cm³/mol. The summed E-state index contributed by atoms with van der Waals surface area (Å²) < 4.78 is 28.5. The smallest absolute Gasteiger partial charge is 0.339 e. The number of aromatic carboxylic acids is 1. The summed E-state index contributed by atoms with van der Waals surface area (Å²) in [5.74, 6) is -0.143. The molecule has 1 aliphatic rings. The van der Waals surface area contributed by atoms with Crippen molar-refractivity contribution in [2.45, 2.75) is 58.3 Å². The van der Waals surface area contributed by atoms with Crippen molar-refractivity contribution in [2.24, 2.45) is 11.8 Å². The van der Waals surface area contributed by atoms with Crippen LogP contribution in [0.25, 0.3) is 0 Å².